The number of aliphatic hydroxyl groups is 1. The van der Waals surface area contributed by atoms with Gasteiger partial charge in [-0.25, -0.2) is 0 Å². The topological polar surface area (TPSA) is 69.2 Å². The van der Waals surface area contributed by atoms with Crippen molar-refractivity contribution < 1.29 is 9.90 Å². The number of amides is 1. The minimum absolute atomic E-state index is 0.158. The molecule has 112 valence electrons. The first-order valence-electron chi connectivity index (χ1n) is 7.03. The van der Waals surface area contributed by atoms with Crippen LogP contribution in [0.25, 0.3) is 11.3 Å². The van der Waals surface area contributed by atoms with E-state index in [1.165, 1.54) is 0 Å². The lowest BCUT2D eigenvalue weighted by Crippen LogP contribution is -2.42. The maximum atomic E-state index is 12.4. The summed E-state index contributed by atoms with van der Waals surface area (Å²) in [5.74, 6) is -0.158. The van der Waals surface area contributed by atoms with E-state index in [2.05, 4.69) is 10.2 Å². The van der Waals surface area contributed by atoms with Gasteiger partial charge in [-0.05, 0) is 26.8 Å². The van der Waals surface area contributed by atoms with E-state index in [0.717, 1.165) is 11.3 Å². The molecule has 0 saturated heterocycles. The van der Waals surface area contributed by atoms with E-state index in [4.69, 9.17) is 0 Å². The number of likely N-dealkylation sites (N-methyl/N-ethyl adjacent to an activating group) is 1. The number of hydrogen-bond donors (Lipinski definition) is 2. The highest BCUT2D eigenvalue weighted by molar-refractivity contribution is 5.93. The first-order chi connectivity index (χ1) is 9.90. The van der Waals surface area contributed by atoms with Crippen molar-refractivity contribution in [2.24, 2.45) is 0 Å². The molecule has 5 heteroatoms. The van der Waals surface area contributed by atoms with Gasteiger partial charge in [-0.1, -0.05) is 30.3 Å². The third-order valence-electron chi connectivity index (χ3n) is 3.12. The van der Waals surface area contributed by atoms with Gasteiger partial charge in [0.15, 0.2) is 0 Å². The molecule has 1 aromatic carbocycles. The van der Waals surface area contributed by atoms with Crippen LogP contribution in [0.2, 0.25) is 0 Å². The minimum Gasteiger partial charge on any atom is -0.389 e. The van der Waals surface area contributed by atoms with Gasteiger partial charge in [0.1, 0.15) is 5.69 Å². The van der Waals surface area contributed by atoms with Crippen LogP contribution in [0.3, 0.4) is 0 Å². The Balaban J connectivity index is 2.18. The maximum Gasteiger partial charge on any atom is 0.271 e. The molecule has 2 aromatic rings. The van der Waals surface area contributed by atoms with E-state index in [0.29, 0.717) is 12.2 Å². The summed E-state index contributed by atoms with van der Waals surface area (Å²) in [4.78, 5) is 14.0. The van der Waals surface area contributed by atoms with Crippen molar-refractivity contribution >= 4 is 5.91 Å². The molecule has 0 spiro atoms. The number of aromatic amines is 1. The lowest BCUT2D eigenvalue weighted by Gasteiger charge is -2.27. The number of hydrogen-bond acceptors (Lipinski definition) is 3. The molecule has 0 aliphatic heterocycles. The zero-order valence-electron chi connectivity index (χ0n) is 12.6. The number of carbonyl (C=O) groups excluding carboxylic acids is 1. The number of nitrogens with zero attached hydrogens (tertiary/aromatic N) is 2. The number of carbonyl (C=O) groups is 1. The molecular formula is C16H21N3O2. The van der Waals surface area contributed by atoms with E-state index < -0.39 is 5.60 Å². The Morgan fingerprint density at radius 1 is 1.33 bits per heavy atom. The number of nitrogens with one attached hydrogen (secondary N) is 1. The van der Waals surface area contributed by atoms with E-state index in [1.54, 1.807) is 24.8 Å². The van der Waals surface area contributed by atoms with Crippen LogP contribution in [0, 0.1) is 0 Å². The summed E-state index contributed by atoms with van der Waals surface area (Å²) in [7, 11) is 0. The molecular weight excluding hydrogens is 266 g/mol. The normalized spacial score (nSPS) is 11.4. The summed E-state index contributed by atoms with van der Waals surface area (Å²) in [6.45, 7) is 6.07. The van der Waals surface area contributed by atoms with Crippen LogP contribution in [-0.4, -0.2) is 44.8 Å². The average Bonchev–Trinajstić information content (AvgIpc) is 2.94. The van der Waals surface area contributed by atoms with Gasteiger partial charge in [-0.2, -0.15) is 5.10 Å². The van der Waals surface area contributed by atoms with Crippen molar-refractivity contribution in [1.29, 1.82) is 0 Å². The van der Waals surface area contributed by atoms with Gasteiger partial charge in [0.05, 0.1) is 11.3 Å². The Kier molecular flexibility index (Phi) is 4.43. The van der Waals surface area contributed by atoms with Crippen molar-refractivity contribution in [1.82, 2.24) is 15.1 Å². The standard InChI is InChI=1S/C16H21N3O2/c1-4-19(11-16(2,3)21)15(20)14-10-13(17-18-14)12-8-6-5-7-9-12/h5-10,21H,4,11H2,1-3H3,(H,17,18). The van der Waals surface area contributed by atoms with Gasteiger partial charge in [-0.15, -0.1) is 0 Å². The Bertz CT molecular complexity index is 599. The summed E-state index contributed by atoms with van der Waals surface area (Å²) in [5, 5.41) is 16.8. The van der Waals surface area contributed by atoms with Crippen LogP contribution < -0.4 is 0 Å². The summed E-state index contributed by atoms with van der Waals surface area (Å²) in [6, 6.07) is 11.4. The number of aromatic nitrogens is 2. The second kappa shape index (κ2) is 6.10. The van der Waals surface area contributed by atoms with Crippen molar-refractivity contribution in [3.8, 4) is 11.3 Å². The molecule has 2 rings (SSSR count). The highest BCUT2D eigenvalue weighted by Crippen LogP contribution is 2.18. The second-order valence-corrected chi connectivity index (χ2v) is 5.66. The molecule has 1 amide bonds. The van der Waals surface area contributed by atoms with Crippen LogP contribution in [0.4, 0.5) is 0 Å². The number of H-pyrrole nitrogens is 1. The average molecular weight is 287 g/mol. The van der Waals surface area contributed by atoms with Gasteiger partial charge in [-0.3, -0.25) is 9.89 Å². The molecule has 21 heavy (non-hydrogen) atoms. The molecule has 0 bridgehead atoms. The van der Waals surface area contributed by atoms with E-state index in [9.17, 15) is 9.90 Å². The predicted octanol–water partition coefficient (Wildman–Crippen LogP) is 2.31. The second-order valence-electron chi connectivity index (χ2n) is 5.66. The molecule has 0 fully saturated rings. The van der Waals surface area contributed by atoms with Gasteiger partial charge in [0.25, 0.3) is 5.91 Å². The van der Waals surface area contributed by atoms with Crippen molar-refractivity contribution in [2.75, 3.05) is 13.1 Å². The molecule has 0 aliphatic carbocycles. The molecule has 1 heterocycles. The molecule has 0 radical (unpaired) electrons. The van der Waals surface area contributed by atoms with E-state index >= 15 is 0 Å². The maximum absolute atomic E-state index is 12.4. The first kappa shape index (κ1) is 15.3. The quantitative estimate of drug-likeness (QED) is 0.886. The van der Waals surface area contributed by atoms with E-state index in [1.807, 2.05) is 37.3 Å². The summed E-state index contributed by atoms with van der Waals surface area (Å²) < 4.78 is 0. The lowest BCUT2D eigenvalue weighted by molar-refractivity contribution is 0.0311. The zero-order chi connectivity index (χ0) is 15.5. The van der Waals surface area contributed by atoms with Crippen molar-refractivity contribution in [2.45, 2.75) is 26.4 Å². The fourth-order valence-corrected chi connectivity index (χ4v) is 2.15. The minimum atomic E-state index is -0.923. The van der Waals surface area contributed by atoms with Gasteiger partial charge in [0, 0.05) is 18.7 Å². The number of rotatable bonds is 5. The highest BCUT2D eigenvalue weighted by atomic mass is 16.3. The van der Waals surface area contributed by atoms with Crippen LogP contribution in [0.5, 0.6) is 0 Å². The molecule has 0 aliphatic rings. The molecule has 1 aromatic heterocycles. The highest BCUT2D eigenvalue weighted by Gasteiger charge is 2.23. The van der Waals surface area contributed by atoms with Crippen molar-refractivity contribution in [3.63, 3.8) is 0 Å². The Morgan fingerprint density at radius 2 is 2.00 bits per heavy atom. The fraction of sp³-hybridized carbons (Fsp3) is 0.375. The van der Waals surface area contributed by atoms with Crippen LogP contribution >= 0.6 is 0 Å². The summed E-state index contributed by atoms with van der Waals surface area (Å²) in [6.07, 6.45) is 0. The Hall–Kier alpha value is -2.14. The Morgan fingerprint density at radius 3 is 2.57 bits per heavy atom. The van der Waals surface area contributed by atoms with Gasteiger partial charge < -0.3 is 10.0 Å². The van der Waals surface area contributed by atoms with Crippen molar-refractivity contribution in [3.05, 3.63) is 42.1 Å². The van der Waals surface area contributed by atoms with Crippen LogP contribution in [-0.2, 0) is 0 Å². The summed E-state index contributed by atoms with van der Waals surface area (Å²) >= 11 is 0. The lowest BCUT2D eigenvalue weighted by atomic mass is 10.1. The largest absolute Gasteiger partial charge is 0.389 e. The third kappa shape index (κ3) is 3.92. The summed E-state index contributed by atoms with van der Waals surface area (Å²) in [5.41, 5.74) is 1.20. The fourth-order valence-electron chi connectivity index (χ4n) is 2.15. The van der Waals surface area contributed by atoms with Gasteiger partial charge >= 0.3 is 0 Å². The first-order valence-corrected chi connectivity index (χ1v) is 7.03. The van der Waals surface area contributed by atoms with Gasteiger partial charge in [0.2, 0.25) is 0 Å². The molecule has 5 nitrogen and oxygen atoms in total. The van der Waals surface area contributed by atoms with Crippen LogP contribution in [0.1, 0.15) is 31.3 Å². The zero-order valence-corrected chi connectivity index (χ0v) is 12.6. The number of benzene rings is 1. The SMILES string of the molecule is CCN(CC(C)(C)O)C(=O)c1cc(-c2ccccc2)n[nH]1. The molecule has 2 N–H and O–H groups in total. The smallest absolute Gasteiger partial charge is 0.271 e. The third-order valence-corrected chi connectivity index (χ3v) is 3.12. The van der Waals surface area contributed by atoms with Crippen LogP contribution in [0.15, 0.2) is 36.4 Å². The monoisotopic (exact) mass is 287 g/mol. The van der Waals surface area contributed by atoms with E-state index in [-0.39, 0.29) is 12.5 Å². The predicted molar refractivity (Wildman–Crippen MR) is 81.9 cm³/mol. The Labute approximate surface area is 124 Å². The molecule has 0 unspecified atom stereocenters. The molecule has 0 saturated carbocycles. The molecule has 0 atom stereocenters.